The molecule has 0 spiro atoms. The zero-order chi connectivity index (χ0) is 24.9. The average Bonchev–Trinajstić information content (AvgIpc) is 3.14. The molecule has 0 N–H and O–H groups in total. The van der Waals surface area contributed by atoms with Crippen LogP contribution in [0.1, 0.15) is 35.5 Å². The zero-order valence-corrected chi connectivity index (χ0v) is 20.7. The summed E-state index contributed by atoms with van der Waals surface area (Å²) < 4.78 is 21.5. The molecule has 1 heterocycles. The third-order valence-electron chi connectivity index (χ3n) is 5.46. The van der Waals surface area contributed by atoms with E-state index in [0.29, 0.717) is 28.8 Å². The summed E-state index contributed by atoms with van der Waals surface area (Å²) in [5.74, 6) is 0.823. The molecule has 0 unspecified atom stereocenters. The molecule has 4 rings (SSSR count). The Bertz CT molecular complexity index is 1300. The van der Waals surface area contributed by atoms with E-state index in [1.807, 2.05) is 55.5 Å². The van der Waals surface area contributed by atoms with Gasteiger partial charge in [-0.15, -0.1) is 0 Å². The molecule has 0 radical (unpaired) electrons. The molecule has 35 heavy (non-hydrogen) atoms. The number of aromatic nitrogens is 2. The van der Waals surface area contributed by atoms with Crippen LogP contribution in [0.2, 0.25) is 5.02 Å². The van der Waals surface area contributed by atoms with Crippen molar-refractivity contribution < 1.29 is 13.9 Å². The number of amides is 1. The Morgan fingerprint density at radius 3 is 2.43 bits per heavy atom. The fourth-order valence-electron chi connectivity index (χ4n) is 3.83. The van der Waals surface area contributed by atoms with Gasteiger partial charge in [0.25, 0.3) is 5.91 Å². The van der Waals surface area contributed by atoms with Gasteiger partial charge in [-0.2, -0.15) is 5.10 Å². The van der Waals surface area contributed by atoms with Crippen molar-refractivity contribution in [1.29, 1.82) is 0 Å². The summed E-state index contributed by atoms with van der Waals surface area (Å²) in [5, 5.41) is 5.32. The Labute approximate surface area is 209 Å². The Kier molecular flexibility index (Phi) is 7.51. The van der Waals surface area contributed by atoms with Crippen LogP contribution in [-0.4, -0.2) is 27.1 Å². The van der Waals surface area contributed by atoms with E-state index in [4.69, 9.17) is 21.4 Å². The quantitative estimate of drug-likeness (QED) is 0.265. The van der Waals surface area contributed by atoms with Gasteiger partial charge >= 0.3 is 0 Å². The summed E-state index contributed by atoms with van der Waals surface area (Å²) >= 11 is 6.25. The first-order chi connectivity index (χ1) is 16.8. The Balaban J connectivity index is 1.77. The van der Waals surface area contributed by atoms with Crippen LogP contribution in [0.5, 0.6) is 11.6 Å². The van der Waals surface area contributed by atoms with Crippen molar-refractivity contribution in [3.05, 3.63) is 107 Å². The molecule has 0 aliphatic heterocycles. The Morgan fingerprint density at radius 2 is 1.77 bits per heavy atom. The number of benzene rings is 3. The summed E-state index contributed by atoms with van der Waals surface area (Å²) in [6, 6.07) is 22.4. The van der Waals surface area contributed by atoms with Gasteiger partial charge in [0, 0.05) is 17.1 Å². The van der Waals surface area contributed by atoms with Crippen molar-refractivity contribution in [2.45, 2.75) is 27.3 Å². The van der Waals surface area contributed by atoms with E-state index in [9.17, 15) is 9.18 Å². The Morgan fingerprint density at radius 1 is 1.06 bits per heavy atom. The molecule has 0 aliphatic rings. The van der Waals surface area contributed by atoms with Crippen LogP contribution in [0.4, 0.5) is 4.39 Å². The predicted molar refractivity (Wildman–Crippen MR) is 136 cm³/mol. The summed E-state index contributed by atoms with van der Waals surface area (Å²) in [6.07, 6.45) is 0. The van der Waals surface area contributed by atoms with Gasteiger partial charge < -0.3 is 9.64 Å². The molecular formula is C28H27ClFN3O2. The molecular weight excluding hydrogens is 465 g/mol. The van der Waals surface area contributed by atoms with Crippen LogP contribution in [0.15, 0.2) is 78.9 Å². The first-order valence-electron chi connectivity index (χ1n) is 11.4. The minimum absolute atomic E-state index is 0.181. The smallest absolute Gasteiger partial charge is 0.254 e. The van der Waals surface area contributed by atoms with E-state index < -0.39 is 0 Å². The highest BCUT2D eigenvalue weighted by Crippen LogP contribution is 2.32. The fraction of sp³-hybridized carbons (Fsp3) is 0.214. The van der Waals surface area contributed by atoms with Crippen molar-refractivity contribution in [2.24, 2.45) is 5.92 Å². The number of carbonyl (C=O) groups is 1. The summed E-state index contributed by atoms with van der Waals surface area (Å²) in [4.78, 5) is 15.2. The molecule has 7 heteroatoms. The maximum Gasteiger partial charge on any atom is 0.254 e. The molecule has 0 saturated carbocycles. The van der Waals surface area contributed by atoms with Crippen LogP contribution in [0.25, 0.3) is 5.69 Å². The molecule has 3 aromatic carbocycles. The lowest BCUT2D eigenvalue weighted by molar-refractivity contribution is 0.0721. The van der Waals surface area contributed by atoms with Crippen molar-refractivity contribution in [3.63, 3.8) is 0 Å². The molecule has 0 aliphatic carbocycles. The molecule has 1 amide bonds. The minimum Gasteiger partial charge on any atom is -0.439 e. The fourth-order valence-corrected chi connectivity index (χ4v) is 4.02. The van der Waals surface area contributed by atoms with Gasteiger partial charge in [-0.1, -0.05) is 49.7 Å². The third-order valence-corrected chi connectivity index (χ3v) is 5.70. The number of nitrogens with zero attached hydrogens (tertiary/aromatic N) is 3. The number of carbonyl (C=O) groups excluding carboxylic acids is 1. The van der Waals surface area contributed by atoms with Gasteiger partial charge in [-0.25, -0.2) is 9.07 Å². The zero-order valence-electron chi connectivity index (χ0n) is 19.9. The van der Waals surface area contributed by atoms with E-state index in [-0.39, 0.29) is 24.2 Å². The molecule has 0 atom stereocenters. The van der Waals surface area contributed by atoms with Crippen LogP contribution in [-0.2, 0) is 6.54 Å². The third kappa shape index (κ3) is 5.89. The number of ether oxygens (including phenoxy) is 1. The second-order valence-electron chi connectivity index (χ2n) is 8.76. The summed E-state index contributed by atoms with van der Waals surface area (Å²) in [5.41, 5.74) is 2.69. The number of para-hydroxylation sites is 1. The van der Waals surface area contributed by atoms with Crippen molar-refractivity contribution in [3.8, 4) is 17.3 Å². The second kappa shape index (κ2) is 10.7. The SMILES string of the molecule is Cc1nn(-c2cccc(Cl)c2)c(Oc2ccccc2)c1CN(CC(C)C)C(=O)c1ccc(F)cc1. The van der Waals surface area contributed by atoms with Crippen molar-refractivity contribution >= 4 is 17.5 Å². The first kappa shape index (κ1) is 24.5. The number of hydrogen-bond acceptors (Lipinski definition) is 3. The molecule has 0 fully saturated rings. The van der Waals surface area contributed by atoms with Crippen LogP contribution in [0, 0.1) is 18.7 Å². The van der Waals surface area contributed by atoms with Gasteiger partial charge in [0.2, 0.25) is 5.88 Å². The van der Waals surface area contributed by atoms with Crippen molar-refractivity contribution in [1.82, 2.24) is 14.7 Å². The highest BCUT2D eigenvalue weighted by molar-refractivity contribution is 6.30. The summed E-state index contributed by atoms with van der Waals surface area (Å²) in [7, 11) is 0. The second-order valence-corrected chi connectivity index (χ2v) is 9.20. The van der Waals surface area contributed by atoms with Gasteiger partial charge in [-0.05, 0) is 67.4 Å². The van der Waals surface area contributed by atoms with Crippen LogP contribution >= 0.6 is 11.6 Å². The van der Waals surface area contributed by atoms with E-state index >= 15 is 0 Å². The highest BCUT2D eigenvalue weighted by atomic mass is 35.5. The van der Waals surface area contributed by atoms with Gasteiger partial charge in [0.1, 0.15) is 11.6 Å². The topological polar surface area (TPSA) is 47.4 Å². The van der Waals surface area contributed by atoms with Crippen LogP contribution < -0.4 is 4.74 Å². The first-order valence-corrected chi connectivity index (χ1v) is 11.8. The normalized spacial score (nSPS) is 11.0. The monoisotopic (exact) mass is 491 g/mol. The number of halogens is 2. The van der Waals surface area contributed by atoms with Gasteiger partial charge in [0.05, 0.1) is 23.5 Å². The molecule has 0 bridgehead atoms. The van der Waals surface area contributed by atoms with Gasteiger partial charge in [0.15, 0.2) is 0 Å². The number of rotatable bonds is 8. The molecule has 180 valence electrons. The lowest BCUT2D eigenvalue weighted by Crippen LogP contribution is -2.34. The lowest BCUT2D eigenvalue weighted by atomic mass is 10.1. The minimum atomic E-state index is -0.380. The van der Waals surface area contributed by atoms with E-state index in [0.717, 1.165) is 16.9 Å². The number of hydrogen-bond donors (Lipinski definition) is 0. The maximum absolute atomic E-state index is 13.5. The van der Waals surface area contributed by atoms with Crippen molar-refractivity contribution in [2.75, 3.05) is 6.54 Å². The highest BCUT2D eigenvalue weighted by Gasteiger charge is 2.25. The standard InChI is InChI=1S/C28H27ClFN3O2/c1-19(2)17-32(27(34)21-12-14-23(30)15-13-21)18-26-20(3)31-33(24-9-7-8-22(29)16-24)28(26)35-25-10-5-4-6-11-25/h4-16,19H,17-18H2,1-3H3. The molecule has 4 aromatic rings. The predicted octanol–water partition coefficient (Wildman–Crippen LogP) is 7.06. The largest absolute Gasteiger partial charge is 0.439 e. The lowest BCUT2D eigenvalue weighted by Gasteiger charge is -2.25. The Hall–Kier alpha value is -3.64. The number of aryl methyl sites for hydroxylation is 1. The maximum atomic E-state index is 13.5. The summed E-state index contributed by atoms with van der Waals surface area (Å²) in [6.45, 7) is 6.79. The van der Waals surface area contributed by atoms with Gasteiger partial charge in [-0.3, -0.25) is 4.79 Å². The van der Waals surface area contributed by atoms with Crippen LogP contribution in [0.3, 0.4) is 0 Å². The van der Waals surface area contributed by atoms with E-state index in [1.54, 1.807) is 15.6 Å². The van der Waals surface area contributed by atoms with E-state index in [1.165, 1.54) is 24.3 Å². The molecule has 5 nitrogen and oxygen atoms in total. The average molecular weight is 492 g/mol. The van der Waals surface area contributed by atoms with E-state index in [2.05, 4.69) is 13.8 Å². The molecule has 0 saturated heterocycles. The molecule has 1 aromatic heterocycles.